The monoisotopic (exact) mass is 493 g/mol. The predicted octanol–water partition coefficient (Wildman–Crippen LogP) is 2.28. The first-order chi connectivity index (χ1) is 12.8. The molecule has 6 nitrogen and oxygen atoms in total. The minimum absolute atomic E-state index is 0. The fourth-order valence-electron chi connectivity index (χ4n) is 4.65. The molecular formula is C20H40IN5O. The van der Waals surface area contributed by atoms with E-state index in [1.54, 1.807) is 0 Å². The smallest absolute Gasteiger partial charge is 0.188 e. The highest BCUT2D eigenvalue weighted by atomic mass is 127. The highest BCUT2D eigenvalue weighted by molar-refractivity contribution is 14.0. The summed E-state index contributed by atoms with van der Waals surface area (Å²) in [5.74, 6) is 1.54. The minimum atomic E-state index is 0. The van der Waals surface area contributed by atoms with Gasteiger partial charge in [0.05, 0.1) is 19.8 Å². The highest BCUT2D eigenvalue weighted by Gasteiger charge is 2.27. The molecule has 3 aliphatic rings. The largest absolute Gasteiger partial charge is 0.379 e. The molecule has 0 aromatic carbocycles. The molecule has 0 aromatic heterocycles. The van der Waals surface area contributed by atoms with Gasteiger partial charge in [-0.15, -0.1) is 24.0 Å². The molecular weight excluding hydrogens is 453 g/mol. The number of likely N-dealkylation sites (tertiary alicyclic amines) is 1. The van der Waals surface area contributed by atoms with E-state index in [1.807, 2.05) is 0 Å². The van der Waals surface area contributed by atoms with E-state index in [-0.39, 0.29) is 24.0 Å². The first-order valence-electron chi connectivity index (χ1n) is 10.9. The average Bonchev–Trinajstić information content (AvgIpc) is 3.12. The van der Waals surface area contributed by atoms with Crippen LogP contribution in [0.3, 0.4) is 0 Å². The molecule has 158 valence electrons. The molecule has 2 heterocycles. The SMILES string of the molecule is I.NC(=NCC1CCCN1CC1CCCCC1)NCCCN1CCOCC1. The number of rotatable bonds is 8. The molecule has 2 saturated heterocycles. The Bertz CT molecular complexity index is 425. The van der Waals surface area contributed by atoms with Crippen LogP contribution in [0.25, 0.3) is 0 Å². The van der Waals surface area contributed by atoms with Gasteiger partial charge in [0.25, 0.3) is 0 Å². The molecule has 3 rings (SSSR count). The molecule has 27 heavy (non-hydrogen) atoms. The standard InChI is InChI=1S/C20H39N5O.HI/c21-20(22-9-5-10-24-12-14-26-15-13-24)23-16-19-8-4-11-25(19)17-18-6-2-1-3-7-18;/h18-19H,1-17H2,(H3,21,22,23);1H. The zero-order chi connectivity index (χ0) is 18.0. The molecule has 7 heteroatoms. The average molecular weight is 493 g/mol. The maximum atomic E-state index is 6.09. The van der Waals surface area contributed by atoms with Crippen LogP contribution < -0.4 is 11.1 Å². The molecule has 2 aliphatic heterocycles. The lowest BCUT2D eigenvalue weighted by atomic mass is 9.89. The third-order valence-electron chi connectivity index (χ3n) is 6.25. The van der Waals surface area contributed by atoms with Gasteiger partial charge in [-0.2, -0.15) is 0 Å². The number of nitrogens with zero attached hydrogens (tertiary/aromatic N) is 3. The number of morpholine rings is 1. The Morgan fingerprint density at radius 2 is 1.81 bits per heavy atom. The Kier molecular flexibility index (Phi) is 11.3. The van der Waals surface area contributed by atoms with Crippen LogP contribution in [0.1, 0.15) is 51.4 Å². The number of hydrogen-bond acceptors (Lipinski definition) is 4. The lowest BCUT2D eigenvalue weighted by Gasteiger charge is -2.30. The van der Waals surface area contributed by atoms with E-state index in [2.05, 4.69) is 20.1 Å². The van der Waals surface area contributed by atoms with Crippen molar-refractivity contribution in [3.8, 4) is 0 Å². The maximum Gasteiger partial charge on any atom is 0.188 e. The van der Waals surface area contributed by atoms with Gasteiger partial charge in [-0.1, -0.05) is 19.3 Å². The first kappa shape index (κ1) is 23.2. The van der Waals surface area contributed by atoms with Gasteiger partial charge in [0, 0.05) is 32.2 Å². The molecule has 1 atom stereocenters. The van der Waals surface area contributed by atoms with E-state index in [9.17, 15) is 0 Å². The van der Waals surface area contributed by atoms with Gasteiger partial charge in [-0.05, 0) is 51.1 Å². The minimum Gasteiger partial charge on any atom is -0.379 e. The van der Waals surface area contributed by atoms with E-state index >= 15 is 0 Å². The summed E-state index contributed by atoms with van der Waals surface area (Å²) >= 11 is 0. The summed E-state index contributed by atoms with van der Waals surface area (Å²) in [5, 5.41) is 3.29. The summed E-state index contributed by atoms with van der Waals surface area (Å²) in [6.07, 6.45) is 10.9. The van der Waals surface area contributed by atoms with Crippen molar-refractivity contribution in [2.24, 2.45) is 16.6 Å². The fourth-order valence-corrected chi connectivity index (χ4v) is 4.65. The van der Waals surface area contributed by atoms with E-state index in [0.717, 1.165) is 58.3 Å². The van der Waals surface area contributed by atoms with Crippen LogP contribution in [0, 0.1) is 5.92 Å². The number of aliphatic imine (C=N–C) groups is 1. The molecule has 0 amide bonds. The number of guanidine groups is 1. The van der Waals surface area contributed by atoms with Crippen LogP contribution in [0.4, 0.5) is 0 Å². The molecule has 0 aromatic rings. The topological polar surface area (TPSA) is 66.1 Å². The summed E-state index contributed by atoms with van der Waals surface area (Å²) < 4.78 is 5.38. The molecule has 0 spiro atoms. The summed E-state index contributed by atoms with van der Waals surface area (Å²) in [4.78, 5) is 9.79. The maximum absolute atomic E-state index is 6.09. The second-order valence-electron chi connectivity index (χ2n) is 8.26. The Morgan fingerprint density at radius 3 is 2.59 bits per heavy atom. The van der Waals surface area contributed by atoms with Crippen molar-refractivity contribution >= 4 is 29.9 Å². The van der Waals surface area contributed by atoms with Crippen molar-refractivity contribution in [1.82, 2.24) is 15.1 Å². The summed E-state index contributed by atoms with van der Waals surface area (Å²) in [6, 6.07) is 0.602. The van der Waals surface area contributed by atoms with Gasteiger partial charge in [-0.25, -0.2) is 0 Å². The molecule has 3 fully saturated rings. The van der Waals surface area contributed by atoms with Crippen molar-refractivity contribution in [3.63, 3.8) is 0 Å². The molecule has 1 unspecified atom stereocenters. The van der Waals surface area contributed by atoms with Crippen molar-refractivity contribution in [2.75, 3.05) is 59.0 Å². The van der Waals surface area contributed by atoms with Crippen LogP contribution in [0.2, 0.25) is 0 Å². The number of nitrogens with one attached hydrogen (secondary N) is 1. The van der Waals surface area contributed by atoms with Crippen LogP contribution in [0.5, 0.6) is 0 Å². The Balaban J connectivity index is 0.00000261. The second kappa shape index (κ2) is 13.2. The zero-order valence-electron chi connectivity index (χ0n) is 16.9. The molecule has 1 aliphatic carbocycles. The van der Waals surface area contributed by atoms with E-state index in [0.29, 0.717) is 12.0 Å². The molecule has 0 radical (unpaired) electrons. The zero-order valence-corrected chi connectivity index (χ0v) is 19.2. The fraction of sp³-hybridized carbons (Fsp3) is 0.950. The van der Waals surface area contributed by atoms with Gasteiger partial charge in [0.2, 0.25) is 0 Å². The van der Waals surface area contributed by atoms with Crippen LogP contribution in [0.15, 0.2) is 4.99 Å². The Morgan fingerprint density at radius 1 is 1.04 bits per heavy atom. The lowest BCUT2D eigenvalue weighted by Crippen LogP contribution is -2.40. The lowest BCUT2D eigenvalue weighted by molar-refractivity contribution is 0.0376. The van der Waals surface area contributed by atoms with Crippen molar-refractivity contribution in [2.45, 2.75) is 57.4 Å². The van der Waals surface area contributed by atoms with Gasteiger partial charge < -0.3 is 15.8 Å². The van der Waals surface area contributed by atoms with E-state index in [4.69, 9.17) is 10.5 Å². The number of ether oxygens (including phenoxy) is 1. The van der Waals surface area contributed by atoms with Crippen molar-refractivity contribution in [3.05, 3.63) is 0 Å². The van der Waals surface area contributed by atoms with E-state index in [1.165, 1.54) is 58.0 Å². The van der Waals surface area contributed by atoms with Crippen LogP contribution in [-0.2, 0) is 4.74 Å². The molecule has 1 saturated carbocycles. The van der Waals surface area contributed by atoms with Gasteiger partial charge >= 0.3 is 0 Å². The number of hydrogen-bond donors (Lipinski definition) is 2. The van der Waals surface area contributed by atoms with Gasteiger partial charge in [-0.3, -0.25) is 14.8 Å². The van der Waals surface area contributed by atoms with Gasteiger partial charge in [0.1, 0.15) is 0 Å². The Labute approximate surface area is 182 Å². The van der Waals surface area contributed by atoms with E-state index < -0.39 is 0 Å². The molecule has 0 bridgehead atoms. The summed E-state index contributed by atoms with van der Waals surface area (Å²) in [5.41, 5.74) is 6.09. The van der Waals surface area contributed by atoms with Crippen molar-refractivity contribution in [1.29, 1.82) is 0 Å². The summed E-state index contributed by atoms with van der Waals surface area (Å²) in [6.45, 7) is 9.27. The summed E-state index contributed by atoms with van der Waals surface area (Å²) in [7, 11) is 0. The normalized spacial score (nSPS) is 26.1. The highest BCUT2D eigenvalue weighted by Crippen LogP contribution is 2.27. The Hall–Kier alpha value is -0.120. The second-order valence-corrected chi connectivity index (χ2v) is 8.26. The number of nitrogens with two attached hydrogens (primary N) is 1. The number of halogens is 1. The molecule has 3 N–H and O–H groups in total. The van der Waals surface area contributed by atoms with Crippen LogP contribution in [-0.4, -0.2) is 80.8 Å². The van der Waals surface area contributed by atoms with Crippen molar-refractivity contribution < 1.29 is 4.74 Å². The quantitative estimate of drug-likeness (QED) is 0.235. The van der Waals surface area contributed by atoms with Gasteiger partial charge in [0.15, 0.2) is 5.96 Å². The predicted molar refractivity (Wildman–Crippen MR) is 123 cm³/mol. The third-order valence-corrected chi connectivity index (χ3v) is 6.25. The van der Waals surface area contributed by atoms with Crippen LogP contribution >= 0.6 is 24.0 Å². The third kappa shape index (κ3) is 8.41. The first-order valence-corrected chi connectivity index (χ1v) is 10.9.